The molecule has 5 nitrogen and oxygen atoms in total. The maximum atomic E-state index is 13.0. The fraction of sp³-hybridized carbons (Fsp3) is 0.143. The Balaban J connectivity index is 2.42. The van der Waals surface area contributed by atoms with E-state index < -0.39 is 29.0 Å². The lowest BCUT2D eigenvalue weighted by molar-refractivity contribution is -0.137. The SMILES string of the molecule is NCC(=O)Nn1cccc1C(=O)c1ccccc1C(F)(F)F. The Morgan fingerprint density at radius 1 is 1.14 bits per heavy atom. The lowest BCUT2D eigenvalue weighted by Gasteiger charge is -2.13. The van der Waals surface area contributed by atoms with Crippen molar-refractivity contribution in [2.24, 2.45) is 5.73 Å². The molecule has 1 amide bonds. The molecule has 22 heavy (non-hydrogen) atoms. The number of nitrogens with two attached hydrogens (primary N) is 1. The van der Waals surface area contributed by atoms with E-state index in [1.54, 1.807) is 0 Å². The number of halogens is 3. The molecule has 1 aromatic heterocycles. The Kier molecular flexibility index (Phi) is 4.32. The number of hydrogen-bond acceptors (Lipinski definition) is 3. The lowest BCUT2D eigenvalue weighted by atomic mass is 10.0. The Bertz CT molecular complexity index is 707. The van der Waals surface area contributed by atoms with Gasteiger partial charge < -0.3 is 5.73 Å². The van der Waals surface area contributed by atoms with Gasteiger partial charge in [0.25, 0.3) is 5.91 Å². The molecule has 0 bridgehead atoms. The summed E-state index contributed by atoms with van der Waals surface area (Å²) in [5, 5.41) is 0. The van der Waals surface area contributed by atoms with E-state index in [1.165, 1.54) is 30.5 Å². The second kappa shape index (κ2) is 6.02. The minimum Gasteiger partial charge on any atom is -0.322 e. The normalized spacial score (nSPS) is 11.3. The van der Waals surface area contributed by atoms with Crippen molar-refractivity contribution in [2.75, 3.05) is 12.0 Å². The summed E-state index contributed by atoms with van der Waals surface area (Å²) in [7, 11) is 0. The van der Waals surface area contributed by atoms with Gasteiger partial charge in [-0.05, 0) is 18.2 Å². The number of aromatic nitrogens is 1. The van der Waals surface area contributed by atoms with E-state index in [0.717, 1.165) is 16.8 Å². The van der Waals surface area contributed by atoms with Crippen LogP contribution in [0.5, 0.6) is 0 Å². The molecule has 3 N–H and O–H groups in total. The second-order valence-corrected chi connectivity index (χ2v) is 4.38. The van der Waals surface area contributed by atoms with Crippen LogP contribution in [0.3, 0.4) is 0 Å². The van der Waals surface area contributed by atoms with E-state index in [9.17, 15) is 22.8 Å². The highest BCUT2D eigenvalue weighted by Gasteiger charge is 2.35. The van der Waals surface area contributed by atoms with Crippen LogP contribution in [0, 0.1) is 0 Å². The molecule has 0 unspecified atom stereocenters. The van der Waals surface area contributed by atoms with Crippen molar-refractivity contribution >= 4 is 11.7 Å². The van der Waals surface area contributed by atoms with Crippen molar-refractivity contribution in [1.82, 2.24) is 4.68 Å². The van der Waals surface area contributed by atoms with E-state index in [0.29, 0.717) is 0 Å². The maximum absolute atomic E-state index is 13.0. The fourth-order valence-electron chi connectivity index (χ4n) is 1.91. The third-order valence-corrected chi connectivity index (χ3v) is 2.89. The van der Waals surface area contributed by atoms with Crippen molar-refractivity contribution in [3.05, 3.63) is 59.4 Å². The zero-order chi connectivity index (χ0) is 16.3. The van der Waals surface area contributed by atoms with Crippen LogP contribution in [0.25, 0.3) is 0 Å². The number of ketones is 1. The summed E-state index contributed by atoms with van der Waals surface area (Å²) in [4.78, 5) is 23.6. The minimum atomic E-state index is -4.65. The third kappa shape index (κ3) is 3.17. The molecule has 8 heteroatoms. The zero-order valence-electron chi connectivity index (χ0n) is 11.2. The van der Waals surface area contributed by atoms with Gasteiger partial charge in [-0.3, -0.25) is 19.7 Å². The van der Waals surface area contributed by atoms with Gasteiger partial charge >= 0.3 is 6.18 Å². The molecule has 0 saturated heterocycles. The quantitative estimate of drug-likeness (QED) is 0.845. The van der Waals surface area contributed by atoms with Crippen LogP contribution >= 0.6 is 0 Å². The van der Waals surface area contributed by atoms with Gasteiger partial charge in [0.15, 0.2) is 0 Å². The predicted molar refractivity (Wildman–Crippen MR) is 72.7 cm³/mol. The third-order valence-electron chi connectivity index (χ3n) is 2.89. The van der Waals surface area contributed by atoms with Crippen LogP contribution in [0.1, 0.15) is 21.6 Å². The van der Waals surface area contributed by atoms with Gasteiger partial charge in [0.2, 0.25) is 5.78 Å². The molecule has 2 aromatic rings. The maximum Gasteiger partial charge on any atom is 0.417 e. The Morgan fingerprint density at radius 2 is 1.82 bits per heavy atom. The second-order valence-electron chi connectivity index (χ2n) is 4.38. The number of benzene rings is 1. The predicted octanol–water partition coefficient (Wildman–Crippen LogP) is 1.77. The Hall–Kier alpha value is -2.61. The molecule has 0 aliphatic heterocycles. The van der Waals surface area contributed by atoms with E-state index in [4.69, 9.17) is 5.73 Å². The molecule has 1 aromatic carbocycles. The summed E-state index contributed by atoms with van der Waals surface area (Å²) in [6, 6.07) is 7.21. The van der Waals surface area contributed by atoms with Crippen LogP contribution in [0.2, 0.25) is 0 Å². The number of nitrogens with one attached hydrogen (secondary N) is 1. The molecule has 0 aliphatic rings. The highest BCUT2D eigenvalue weighted by atomic mass is 19.4. The summed E-state index contributed by atoms with van der Waals surface area (Å²) in [5.41, 5.74) is 5.83. The molecule has 2 rings (SSSR count). The number of hydrogen-bond donors (Lipinski definition) is 2. The van der Waals surface area contributed by atoms with Crippen molar-refractivity contribution < 1.29 is 22.8 Å². The molecule has 0 fully saturated rings. The van der Waals surface area contributed by atoms with Gasteiger partial charge in [-0.2, -0.15) is 13.2 Å². The summed E-state index contributed by atoms with van der Waals surface area (Å²) in [5.74, 6) is -1.43. The fourth-order valence-corrected chi connectivity index (χ4v) is 1.91. The van der Waals surface area contributed by atoms with Gasteiger partial charge in [0.1, 0.15) is 5.69 Å². The number of nitrogens with zero attached hydrogens (tertiary/aromatic N) is 1. The molecule has 1 heterocycles. The molecule has 0 saturated carbocycles. The van der Waals surface area contributed by atoms with Gasteiger partial charge in [0, 0.05) is 11.8 Å². The van der Waals surface area contributed by atoms with Crippen LogP contribution < -0.4 is 11.2 Å². The van der Waals surface area contributed by atoms with Gasteiger partial charge in [-0.25, -0.2) is 0 Å². The van der Waals surface area contributed by atoms with E-state index in [2.05, 4.69) is 5.43 Å². The molecule has 0 spiro atoms. The molecular weight excluding hydrogens is 299 g/mol. The number of rotatable bonds is 4. The number of carbonyl (C=O) groups excluding carboxylic acids is 2. The van der Waals surface area contributed by atoms with Crippen molar-refractivity contribution in [3.63, 3.8) is 0 Å². The summed E-state index contributed by atoms with van der Waals surface area (Å²) in [6.07, 6.45) is -3.30. The van der Waals surface area contributed by atoms with Gasteiger partial charge in [-0.15, -0.1) is 0 Å². The number of amides is 1. The zero-order valence-corrected chi connectivity index (χ0v) is 11.2. The summed E-state index contributed by atoms with van der Waals surface area (Å²) in [6.45, 7) is -0.315. The molecule has 0 aliphatic carbocycles. The highest BCUT2D eigenvalue weighted by molar-refractivity contribution is 6.09. The van der Waals surface area contributed by atoms with E-state index >= 15 is 0 Å². The first kappa shape index (κ1) is 15.8. The monoisotopic (exact) mass is 311 g/mol. The highest BCUT2D eigenvalue weighted by Crippen LogP contribution is 2.32. The number of carbonyl (C=O) groups is 2. The van der Waals surface area contributed by atoms with Crippen molar-refractivity contribution in [2.45, 2.75) is 6.18 Å². The molecular formula is C14H12F3N3O2. The minimum absolute atomic E-state index is 0.0986. The summed E-state index contributed by atoms with van der Waals surface area (Å²) >= 11 is 0. The van der Waals surface area contributed by atoms with Gasteiger partial charge in [-0.1, -0.05) is 18.2 Å². The average Bonchev–Trinajstić information content (AvgIpc) is 2.93. The topological polar surface area (TPSA) is 77.1 Å². The average molecular weight is 311 g/mol. The Labute approximate surface area is 123 Å². The lowest BCUT2D eigenvalue weighted by Crippen LogP contribution is -2.31. The molecule has 116 valence electrons. The van der Waals surface area contributed by atoms with Crippen molar-refractivity contribution in [3.8, 4) is 0 Å². The van der Waals surface area contributed by atoms with Crippen LogP contribution in [-0.4, -0.2) is 22.9 Å². The first-order chi connectivity index (χ1) is 10.3. The smallest absolute Gasteiger partial charge is 0.322 e. The number of alkyl halides is 3. The Morgan fingerprint density at radius 3 is 2.45 bits per heavy atom. The van der Waals surface area contributed by atoms with E-state index in [1.807, 2.05) is 0 Å². The van der Waals surface area contributed by atoms with Crippen LogP contribution in [0.4, 0.5) is 13.2 Å². The van der Waals surface area contributed by atoms with Crippen molar-refractivity contribution in [1.29, 1.82) is 0 Å². The van der Waals surface area contributed by atoms with Gasteiger partial charge in [0.05, 0.1) is 12.1 Å². The molecule has 0 atom stereocenters. The first-order valence-corrected chi connectivity index (χ1v) is 6.23. The van der Waals surface area contributed by atoms with E-state index in [-0.39, 0.29) is 12.2 Å². The first-order valence-electron chi connectivity index (χ1n) is 6.23. The largest absolute Gasteiger partial charge is 0.417 e. The molecule has 0 radical (unpaired) electrons. The van der Waals surface area contributed by atoms with Crippen LogP contribution in [0.15, 0.2) is 42.6 Å². The van der Waals surface area contributed by atoms with Crippen LogP contribution in [-0.2, 0) is 11.0 Å². The summed E-state index contributed by atoms with van der Waals surface area (Å²) < 4.78 is 40.0. The standard InChI is InChI=1S/C14H12F3N3O2/c15-14(16,17)10-5-2-1-4-9(10)13(22)11-6-3-7-20(11)19-12(21)8-18/h1-7H,8,18H2,(H,19,21).